The number of hydrogen-bond donors (Lipinski definition) is 0. The molecule has 0 spiro atoms. The van der Waals surface area contributed by atoms with Crippen molar-refractivity contribution in [1.82, 2.24) is 0 Å². The molecule has 0 aliphatic heterocycles. The molecule has 0 heterocycles. The molecule has 40 heavy (non-hydrogen) atoms. The van der Waals surface area contributed by atoms with Crippen molar-refractivity contribution in [2.75, 3.05) is 4.90 Å². The van der Waals surface area contributed by atoms with Gasteiger partial charge in [0.15, 0.2) is 0 Å². The molecule has 0 N–H and O–H groups in total. The summed E-state index contributed by atoms with van der Waals surface area (Å²) in [6.07, 6.45) is 0. The van der Waals surface area contributed by atoms with E-state index in [1.165, 1.54) is 0 Å². The van der Waals surface area contributed by atoms with E-state index in [1.807, 2.05) is 18.2 Å². The number of halogens is 3. The van der Waals surface area contributed by atoms with E-state index in [0.717, 1.165) is 63.9 Å². The lowest BCUT2D eigenvalue weighted by Gasteiger charge is -2.28. The minimum Gasteiger partial charge on any atom is -0.310 e. The van der Waals surface area contributed by atoms with Crippen molar-refractivity contribution in [1.29, 1.82) is 0 Å². The fraction of sp³-hybridized carbons (Fsp3) is 0. The summed E-state index contributed by atoms with van der Waals surface area (Å²) in [5, 5.41) is 0. The maximum atomic E-state index is 3.80. The average Bonchev–Trinajstić information content (AvgIpc) is 3.01. The molecule has 0 unspecified atom stereocenters. The lowest BCUT2D eigenvalue weighted by Crippen LogP contribution is -2.10. The maximum Gasteiger partial charge on any atom is 0.0468 e. The van der Waals surface area contributed by atoms with Crippen LogP contribution in [0.5, 0.6) is 0 Å². The van der Waals surface area contributed by atoms with Crippen molar-refractivity contribution in [2.24, 2.45) is 0 Å². The molecule has 0 aliphatic carbocycles. The Morgan fingerprint density at radius 1 is 0.325 bits per heavy atom. The van der Waals surface area contributed by atoms with Crippen LogP contribution in [0.2, 0.25) is 0 Å². The molecule has 0 radical (unpaired) electrons. The van der Waals surface area contributed by atoms with E-state index < -0.39 is 0 Å². The van der Waals surface area contributed by atoms with Crippen molar-refractivity contribution in [3.8, 4) is 33.4 Å². The summed E-state index contributed by atoms with van der Waals surface area (Å²) < 4.78 is 3.18. The van der Waals surface area contributed by atoms with Gasteiger partial charge >= 0.3 is 0 Å². The predicted octanol–water partition coefficient (Wildman–Crippen LogP) is 12.4. The molecule has 4 heteroatoms. The number of nitrogens with zero attached hydrogens (tertiary/aromatic N) is 1. The predicted molar refractivity (Wildman–Crippen MR) is 181 cm³/mol. The van der Waals surface area contributed by atoms with E-state index >= 15 is 0 Å². The van der Waals surface area contributed by atoms with Crippen LogP contribution in [-0.2, 0) is 0 Å². The van der Waals surface area contributed by atoms with Crippen LogP contribution >= 0.6 is 47.8 Å². The van der Waals surface area contributed by atoms with Gasteiger partial charge in [-0.15, -0.1) is 0 Å². The summed E-state index contributed by atoms with van der Waals surface area (Å²) in [6, 6.07) is 51.2. The SMILES string of the molecule is Brc1ccc(N(c2ccc(Br)c(-c3ccccc3)c2)c2ccc(Br)c(-c3ccccc3)c2)cc1-c1ccccc1. The van der Waals surface area contributed by atoms with Crippen molar-refractivity contribution < 1.29 is 0 Å². The van der Waals surface area contributed by atoms with Gasteiger partial charge in [-0.1, -0.05) is 139 Å². The molecular formula is C36H24Br3N. The summed E-state index contributed by atoms with van der Waals surface area (Å²) in [6.45, 7) is 0. The van der Waals surface area contributed by atoms with Gasteiger partial charge < -0.3 is 4.90 Å². The average molecular weight is 710 g/mol. The fourth-order valence-electron chi connectivity index (χ4n) is 4.92. The van der Waals surface area contributed by atoms with Crippen LogP contribution in [0.1, 0.15) is 0 Å². The van der Waals surface area contributed by atoms with Crippen LogP contribution in [0.3, 0.4) is 0 Å². The highest BCUT2D eigenvalue weighted by Crippen LogP contribution is 2.43. The van der Waals surface area contributed by atoms with Gasteiger partial charge in [-0.05, 0) is 88.0 Å². The second kappa shape index (κ2) is 12.0. The molecule has 6 aromatic rings. The second-order valence-corrected chi connectivity index (χ2v) is 12.0. The number of rotatable bonds is 6. The van der Waals surface area contributed by atoms with Gasteiger partial charge in [0.1, 0.15) is 0 Å². The summed E-state index contributed by atoms with van der Waals surface area (Å²) in [5.41, 5.74) is 10.1. The van der Waals surface area contributed by atoms with Crippen molar-refractivity contribution in [3.63, 3.8) is 0 Å². The molecule has 0 saturated heterocycles. The normalized spacial score (nSPS) is 10.9. The Balaban J connectivity index is 1.57. The highest BCUT2D eigenvalue weighted by molar-refractivity contribution is 9.11. The largest absolute Gasteiger partial charge is 0.310 e. The van der Waals surface area contributed by atoms with E-state index in [0.29, 0.717) is 0 Å². The third kappa shape index (κ3) is 5.57. The van der Waals surface area contributed by atoms with Crippen LogP contribution in [0.15, 0.2) is 159 Å². The van der Waals surface area contributed by atoms with E-state index in [4.69, 9.17) is 0 Å². The van der Waals surface area contributed by atoms with Crippen molar-refractivity contribution >= 4 is 64.9 Å². The first kappa shape index (κ1) is 26.8. The van der Waals surface area contributed by atoms with Crippen LogP contribution < -0.4 is 4.90 Å². The molecule has 1 nitrogen and oxygen atoms in total. The Morgan fingerprint density at radius 3 is 0.875 bits per heavy atom. The first-order chi connectivity index (χ1) is 19.6. The lowest BCUT2D eigenvalue weighted by molar-refractivity contribution is 1.28. The molecule has 0 atom stereocenters. The molecule has 194 valence electrons. The smallest absolute Gasteiger partial charge is 0.0468 e. The second-order valence-electron chi connectivity index (χ2n) is 9.43. The zero-order valence-electron chi connectivity index (χ0n) is 21.4. The van der Waals surface area contributed by atoms with Crippen molar-refractivity contribution in [3.05, 3.63) is 159 Å². The number of hydrogen-bond acceptors (Lipinski definition) is 1. The van der Waals surface area contributed by atoms with Crippen molar-refractivity contribution in [2.45, 2.75) is 0 Å². The molecular weight excluding hydrogens is 686 g/mol. The van der Waals surface area contributed by atoms with Gasteiger partial charge in [-0.3, -0.25) is 0 Å². The fourth-order valence-corrected chi connectivity index (χ4v) is 6.35. The number of benzene rings is 6. The topological polar surface area (TPSA) is 3.24 Å². The van der Waals surface area contributed by atoms with Crippen LogP contribution in [0.4, 0.5) is 17.1 Å². The molecule has 0 aromatic heterocycles. The Kier molecular flexibility index (Phi) is 8.01. The van der Waals surface area contributed by atoms with Crippen LogP contribution in [0.25, 0.3) is 33.4 Å². The van der Waals surface area contributed by atoms with E-state index in [2.05, 4.69) is 180 Å². The molecule has 0 amide bonds. The summed E-state index contributed by atoms with van der Waals surface area (Å²) in [7, 11) is 0. The van der Waals surface area contributed by atoms with Gasteiger partial charge in [0.25, 0.3) is 0 Å². The van der Waals surface area contributed by atoms with Gasteiger partial charge in [0.05, 0.1) is 0 Å². The number of anilines is 3. The quantitative estimate of drug-likeness (QED) is 0.166. The van der Waals surface area contributed by atoms with Gasteiger partial charge in [0.2, 0.25) is 0 Å². The Labute approximate surface area is 260 Å². The molecule has 6 aromatic carbocycles. The highest BCUT2D eigenvalue weighted by Gasteiger charge is 2.18. The zero-order chi connectivity index (χ0) is 27.5. The summed E-state index contributed by atoms with van der Waals surface area (Å²) in [5.74, 6) is 0. The minimum absolute atomic E-state index is 1.06. The highest BCUT2D eigenvalue weighted by atomic mass is 79.9. The van der Waals surface area contributed by atoms with Gasteiger partial charge in [0, 0.05) is 30.5 Å². The van der Waals surface area contributed by atoms with Crippen LogP contribution in [0, 0.1) is 0 Å². The van der Waals surface area contributed by atoms with Gasteiger partial charge in [-0.2, -0.15) is 0 Å². The van der Waals surface area contributed by atoms with Crippen LogP contribution in [-0.4, -0.2) is 0 Å². The lowest BCUT2D eigenvalue weighted by atomic mass is 10.0. The summed E-state index contributed by atoms with van der Waals surface area (Å²) in [4.78, 5) is 2.33. The third-order valence-electron chi connectivity index (χ3n) is 6.88. The first-order valence-electron chi connectivity index (χ1n) is 12.9. The molecule has 0 saturated carbocycles. The summed E-state index contributed by atoms with van der Waals surface area (Å²) >= 11 is 11.4. The maximum absolute atomic E-state index is 3.80. The molecule has 6 rings (SSSR count). The first-order valence-corrected chi connectivity index (χ1v) is 15.3. The van der Waals surface area contributed by atoms with Gasteiger partial charge in [-0.25, -0.2) is 0 Å². The minimum atomic E-state index is 1.06. The standard InChI is InChI=1S/C36H24Br3N/c37-34-19-16-28(22-31(34)25-10-4-1-5-11-25)40(29-17-20-35(38)32(23-29)26-12-6-2-7-13-26)30-18-21-36(39)33(24-30)27-14-8-3-9-15-27/h1-24H. The third-order valence-corrected chi connectivity index (χ3v) is 8.95. The van der Waals surface area contributed by atoms with E-state index in [-0.39, 0.29) is 0 Å². The Bertz CT molecular complexity index is 1560. The van der Waals surface area contributed by atoms with E-state index in [1.54, 1.807) is 0 Å². The Morgan fingerprint density at radius 2 is 0.600 bits per heavy atom. The molecule has 0 bridgehead atoms. The monoisotopic (exact) mass is 707 g/mol. The zero-order valence-corrected chi connectivity index (χ0v) is 26.2. The van der Waals surface area contributed by atoms with E-state index in [9.17, 15) is 0 Å². The Hall–Kier alpha value is -3.44. The molecule has 0 aliphatic rings. The molecule has 0 fully saturated rings.